The maximum Gasteiger partial charge on any atom is 0.152 e. The Balaban J connectivity index is 2.41. The number of rotatable bonds is 4. The number of methoxy groups -OCH3 is 2. The quantitative estimate of drug-likeness (QED) is 0.797. The molecule has 2 aromatic carbocycles. The van der Waals surface area contributed by atoms with Crippen LogP contribution in [0.3, 0.4) is 0 Å². The van der Waals surface area contributed by atoms with Crippen molar-refractivity contribution in [2.45, 2.75) is 0 Å². The fourth-order valence-electron chi connectivity index (χ4n) is 1.77. The Hall–Kier alpha value is -2.80. The van der Waals surface area contributed by atoms with E-state index in [0.29, 0.717) is 22.7 Å². The van der Waals surface area contributed by atoms with Gasteiger partial charge in [0.2, 0.25) is 0 Å². The summed E-state index contributed by atoms with van der Waals surface area (Å²) in [5.41, 5.74) is 1.68. The number of nitrogens with zero attached hydrogens (tertiary/aromatic N) is 2. The molecule has 100 valence electrons. The third kappa shape index (κ3) is 2.96. The van der Waals surface area contributed by atoms with E-state index >= 15 is 0 Å². The average molecular weight is 266 g/mol. The van der Waals surface area contributed by atoms with Crippen molar-refractivity contribution >= 4 is 11.4 Å². The molecule has 0 aromatic heterocycles. The summed E-state index contributed by atoms with van der Waals surface area (Å²) in [5, 5.41) is 9.30. The molecule has 0 saturated carbocycles. The van der Waals surface area contributed by atoms with Crippen molar-refractivity contribution in [3.05, 3.63) is 54.1 Å². The molecule has 0 radical (unpaired) electrons. The molecular formula is C16H14N2O2. The number of para-hydroxylation sites is 1. The highest BCUT2D eigenvalue weighted by Crippen LogP contribution is 2.22. The van der Waals surface area contributed by atoms with E-state index < -0.39 is 0 Å². The largest absolute Gasteiger partial charge is 0.497 e. The van der Waals surface area contributed by atoms with Crippen LogP contribution >= 0.6 is 0 Å². The standard InChI is InChI=1S/C16H14N2O2/c1-19-13-9-7-12(8-10-13)18-15(11-17)14-5-3-4-6-16(14)20-2/h3-10H,1-2H3. The van der Waals surface area contributed by atoms with Crippen LogP contribution in [0.2, 0.25) is 0 Å². The number of aliphatic imine (C=N–C) groups is 1. The summed E-state index contributed by atoms with van der Waals surface area (Å²) in [5.74, 6) is 1.38. The van der Waals surface area contributed by atoms with Gasteiger partial charge in [0.25, 0.3) is 0 Å². The minimum absolute atomic E-state index is 0.313. The molecule has 0 saturated heterocycles. The number of hydrogen-bond donors (Lipinski definition) is 0. The van der Waals surface area contributed by atoms with Crippen molar-refractivity contribution < 1.29 is 9.47 Å². The van der Waals surface area contributed by atoms with Gasteiger partial charge in [-0.15, -0.1) is 0 Å². The molecule has 0 aliphatic rings. The van der Waals surface area contributed by atoms with Gasteiger partial charge in [0.05, 0.1) is 25.5 Å². The van der Waals surface area contributed by atoms with Crippen LogP contribution < -0.4 is 9.47 Å². The summed E-state index contributed by atoms with van der Waals surface area (Å²) in [7, 11) is 3.18. The maximum absolute atomic E-state index is 9.30. The lowest BCUT2D eigenvalue weighted by Gasteiger charge is -2.06. The van der Waals surface area contributed by atoms with Gasteiger partial charge in [0, 0.05) is 0 Å². The van der Waals surface area contributed by atoms with E-state index in [1.807, 2.05) is 18.2 Å². The summed E-state index contributed by atoms with van der Waals surface area (Å²) < 4.78 is 10.3. The van der Waals surface area contributed by atoms with Crippen LogP contribution in [-0.2, 0) is 0 Å². The fraction of sp³-hybridized carbons (Fsp3) is 0.125. The third-order valence-corrected chi connectivity index (χ3v) is 2.78. The van der Waals surface area contributed by atoms with Crippen molar-refractivity contribution in [2.24, 2.45) is 4.99 Å². The van der Waals surface area contributed by atoms with Crippen LogP contribution in [0.1, 0.15) is 5.56 Å². The van der Waals surface area contributed by atoms with E-state index in [1.54, 1.807) is 44.6 Å². The van der Waals surface area contributed by atoms with Gasteiger partial charge in [-0.1, -0.05) is 12.1 Å². The highest BCUT2D eigenvalue weighted by molar-refractivity contribution is 6.14. The number of benzene rings is 2. The third-order valence-electron chi connectivity index (χ3n) is 2.78. The normalized spacial score (nSPS) is 10.8. The topological polar surface area (TPSA) is 54.6 Å². The van der Waals surface area contributed by atoms with E-state index in [2.05, 4.69) is 11.1 Å². The lowest BCUT2D eigenvalue weighted by molar-refractivity contribution is 0.414. The first-order valence-electron chi connectivity index (χ1n) is 6.04. The number of ether oxygens (including phenoxy) is 2. The Morgan fingerprint density at radius 3 is 2.30 bits per heavy atom. The first-order valence-corrected chi connectivity index (χ1v) is 6.04. The molecule has 2 rings (SSSR count). The summed E-state index contributed by atoms with van der Waals surface area (Å²) in [6, 6.07) is 16.6. The Bertz CT molecular complexity index is 655. The fourth-order valence-corrected chi connectivity index (χ4v) is 1.77. The number of hydrogen-bond acceptors (Lipinski definition) is 4. The Labute approximate surface area is 117 Å². The van der Waals surface area contributed by atoms with E-state index in [4.69, 9.17) is 9.47 Å². The van der Waals surface area contributed by atoms with E-state index in [0.717, 1.165) is 5.75 Å². The molecule has 2 aromatic rings. The average Bonchev–Trinajstić information content (AvgIpc) is 2.53. The molecule has 0 N–H and O–H groups in total. The molecule has 0 amide bonds. The minimum Gasteiger partial charge on any atom is -0.497 e. The molecule has 0 bridgehead atoms. The van der Waals surface area contributed by atoms with Gasteiger partial charge in [-0.25, -0.2) is 4.99 Å². The highest BCUT2D eigenvalue weighted by atomic mass is 16.5. The van der Waals surface area contributed by atoms with Gasteiger partial charge in [-0.05, 0) is 36.4 Å². The van der Waals surface area contributed by atoms with Gasteiger partial charge in [0.15, 0.2) is 5.71 Å². The molecule has 0 spiro atoms. The monoisotopic (exact) mass is 266 g/mol. The van der Waals surface area contributed by atoms with Crippen LogP contribution in [0.4, 0.5) is 5.69 Å². The van der Waals surface area contributed by atoms with Crippen molar-refractivity contribution in [1.29, 1.82) is 5.26 Å². The van der Waals surface area contributed by atoms with E-state index in [9.17, 15) is 5.26 Å². The summed E-state index contributed by atoms with van der Waals surface area (Å²) >= 11 is 0. The van der Waals surface area contributed by atoms with Crippen LogP contribution in [0.15, 0.2) is 53.5 Å². The summed E-state index contributed by atoms with van der Waals surface area (Å²) in [6.07, 6.45) is 0. The van der Waals surface area contributed by atoms with Gasteiger partial charge >= 0.3 is 0 Å². The second-order valence-electron chi connectivity index (χ2n) is 3.97. The molecule has 0 unspecified atom stereocenters. The molecule has 4 nitrogen and oxygen atoms in total. The molecule has 0 aliphatic carbocycles. The smallest absolute Gasteiger partial charge is 0.152 e. The first-order chi connectivity index (χ1) is 9.78. The second kappa shape index (κ2) is 6.39. The summed E-state index contributed by atoms with van der Waals surface area (Å²) in [6.45, 7) is 0. The van der Waals surface area contributed by atoms with Gasteiger partial charge in [-0.3, -0.25) is 0 Å². The van der Waals surface area contributed by atoms with Crippen LogP contribution in [-0.4, -0.2) is 19.9 Å². The predicted octanol–water partition coefficient (Wildman–Crippen LogP) is 3.35. The maximum atomic E-state index is 9.30. The van der Waals surface area contributed by atoms with Gasteiger partial charge < -0.3 is 9.47 Å². The van der Waals surface area contributed by atoms with Gasteiger partial charge in [0.1, 0.15) is 17.6 Å². The molecule has 20 heavy (non-hydrogen) atoms. The molecule has 4 heteroatoms. The van der Waals surface area contributed by atoms with Crippen molar-refractivity contribution in [3.63, 3.8) is 0 Å². The lowest BCUT2D eigenvalue weighted by Crippen LogP contribution is -2.00. The zero-order valence-electron chi connectivity index (χ0n) is 11.3. The van der Waals surface area contributed by atoms with E-state index in [1.165, 1.54) is 0 Å². The number of nitriles is 1. The molecular weight excluding hydrogens is 252 g/mol. The second-order valence-corrected chi connectivity index (χ2v) is 3.97. The predicted molar refractivity (Wildman–Crippen MR) is 77.8 cm³/mol. The summed E-state index contributed by atoms with van der Waals surface area (Å²) in [4.78, 5) is 4.35. The highest BCUT2D eigenvalue weighted by Gasteiger charge is 2.09. The van der Waals surface area contributed by atoms with Crippen molar-refractivity contribution in [3.8, 4) is 17.6 Å². The van der Waals surface area contributed by atoms with Crippen molar-refractivity contribution in [1.82, 2.24) is 0 Å². The SMILES string of the molecule is COc1ccc(N=C(C#N)c2ccccc2OC)cc1. The van der Waals surface area contributed by atoms with Crippen LogP contribution in [0, 0.1) is 11.3 Å². The zero-order chi connectivity index (χ0) is 14.4. The zero-order valence-corrected chi connectivity index (χ0v) is 11.3. The first kappa shape index (κ1) is 13.6. The Kier molecular flexibility index (Phi) is 4.35. The van der Waals surface area contributed by atoms with E-state index in [-0.39, 0.29) is 0 Å². The van der Waals surface area contributed by atoms with Crippen molar-refractivity contribution in [2.75, 3.05) is 14.2 Å². The molecule has 0 atom stereocenters. The Morgan fingerprint density at radius 1 is 1.00 bits per heavy atom. The van der Waals surface area contributed by atoms with Crippen LogP contribution in [0.5, 0.6) is 11.5 Å². The molecule has 0 aliphatic heterocycles. The van der Waals surface area contributed by atoms with Gasteiger partial charge in [-0.2, -0.15) is 5.26 Å². The molecule has 0 fully saturated rings. The minimum atomic E-state index is 0.313. The lowest BCUT2D eigenvalue weighted by atomic mass is 10.1. The Morgan fingerprint density at radius 2 is 1.70 bits per heavy atom. The van der Waals surface area contributed by atoms with Crippen LogP contribution in [0.25, 0.3) is 0 Å². The molecule has 0 heterocycles.